The van der Waals surface area contributed by atoms with Gasteiger partial charge in [-0.15, -0.1) is 0 Å². The van der Waals surface area contributed by atoms with E-state index in [0.29, 0.717) is 29.7 Å². The summed E-state index contributed by atoms with van der Waals surface area (Å²) in [6.07, 6.45) is 2.74. The summed E-state index contributed by atoms with van der Waals surface area (Å²) in [5.74, 6) is 1.33. The molecule has 2 heterocycles. The molecule has 154 valence electrons. The van der Waals surface area contributed by atoms with E-state index in [9.17, 15) is 9.18 Å². The fraction of sp³-hybridized carbons (Fsp3) is 0.348. The quantitative estimate of drug-likeness (QED) is 0.530. The van der Waals surface area contributed by atoms with Crippen LogP contribution >= 0.6 is 15.9 Å². The number of carbonyl (C=O) groups excluding carboxylic acids is 1. The lowest BCUT2D eigenvalue weighted by molar-refractivity contribution is -0.134. The van der Waals surface area contributed by atoms with Crippen molar-refractivity contribution in [2.45, 2.75) is 31.1 Å². The van der Waals surface area contributed by atoms with Crippen LogP contribution < -0.4 is 0 Å². The first kappa shape index (κ1) is 19.4. The molecule has 1 aliphatic heterocycles. The average Bonchev–Trinajstić information content (AvgIpc) is 3.42. The molecule has 3 atom stereocenters. The summed E-state index contributed by atoms with van der Waals surface area (Å²) in [4.78, 5) is 19.6. The van der Waals surface area contributed by atoms with Crippen LogP contribution in [-0.2, 0) is 4.79 Å². The van der Waals surface area contributed by atoms with Crippen LogP contribution in [0.15, 0.2) is 57.5 Å². The third kappa shape index (κ3) is 3.90. The van der Waals surface area contributed by atoms with E-state index in [4.69, 9.17) is 4.52 Å². The number of aromatic nitrogens is 2. The van der Waals surface area contributed by atoms with Crippen molar-refractivity contribution in [3.8, 4) is 11.4 Å². The topological polar surface area (TPSA) is 59.2 Å². The maximum absolute atomic E-state index is 13.1. The van der Waals surface area contributed by atoms with Gasteiger partial charge in [0.1, 0.15) is 5.82 Å². The molecule has 2 aromatic carbocycles. The van der Waals surface area contributed by atoms with Crippen LogP contribution in [0.1, 0.15) is 42.6 Å². The van der Waals surface area contributed by atoms with E-state index in [1.165, 1.54) is 17.7 Å². The number of benzene rings is 2. The summed E-state index contributed by atoms with van der Waals surface area (Å²) < 4.78 is 19.7. The maximum atomic E-state index is 13.1. The molecule has 0 spiro atoms. The molecule has 1 aromatic heterocycles. The summed E-state index contributed by atoms with van der Waals surface area (Å²) in [6.45, 7) is 1.38. The Morgan fingerprint density at radius 1 is 1.20 bits per heavy atom. The minimum atomic E-state index is -0.301. The smallest absolute Gasteiger partial charge is 0.231 e. The highest BCUT2D eigenvalue weighted by molar-refractivity contribution is 9.10. The van der Waals surface area contributed by atoms with Gasteiger partial charge in [-0.25, -0.2) is 4.39 Å². The van der Waals surface area contributed by atoms with Crippen molar-refractivity contribution in [3.63, 3.8) is 0 Å². The summed E-state index contributed by atoms with van der Waals surface area (Å²) >= 11 is 3.51. The van der Waals surface area contributed by atoms with E-state index in [-0.39, 0.29) is 23.6 Å². The zero-order valence-corrected chi connectivity index (χ0v) is 17.9. The Kier molecular flexibility index (Phi) is 5.15. The monoisotopic (exact) mass is 469 g/mol. The molecular weight excluding hydrogens is 449 g/mol. The largest absolute Gasteiger partial charge is 0.342 e. The van der Waals surface area contributed by atoms with Crippen molar-refractivity contribution in [2.75, 3.05) is 13.1 Å². The van der Waals surface area contributed by atoms with Crippen molar-refractivity contribution in [1.82, 2.24) is 15.0 Å². The van der Waals surface area contributed by atoms with Gasteiger partial charge in [-0.05, 0) is 67.1 Å². The predicted molar refractivity (Wildman–Crippen MR) is 113 cm³/mol. The Morgan fingerprint density at radius 3 is 2.83 bits per heavy atom. The van der Waals surface area contributed by atoms with Gasteiger partial charge in [-0.1, -0.05) is 33.2 Å². The van der Waals surface area contributed by atoms with Crippen molar-refractivity contribution >= 4 is 21.8 Å². The molecule has 0 bridgehead atoms. The Hall–Kier alpha value is -2.54. The molecule has 5 nitrogen and oxygen atoms in total. The molecule has 0 radical (unpaired) electrons. The number of carbonyl (C=O) groups is 1. The van der Waals surface area contributed by atoms with E-state index >= 15 is 0 Å². The molecular formula is C23H21BrFN3O2. The van der Waals surface area contributed by atoms with E-state index in [0.717, 1.165) is 30.3 Å². The van der Waals surface area contributed by atoms with Gasteiger partial charge in [-0.3, -0.25) is 4.79 Å². The lowest BCUT2D eigenvalue weighted by Gasteiger charge is -2.31. The first-order valence-electron chi connectivity index (χ1n) is 10.2. The van der Waals surface area contributed by atoms with E-state index in [1.54, 1.807) is 12.1 Å². The predicted octanol–water partition coefficient (Wildman–Crippen LogP) is 5.15. The second-order valence-corrected chi connectivity index (χ2v) is 9.01. The van der Waals surface area contributed by atoms with Gasteiger partial charge in [0.25, 0.3) is 0 Å². The normalized spacial score (nSPS) is 23.4. The minimum absolute atomic E-state index is 0.0347. The number of piperidine rings is 1. The Bertz CT molecular complexity index is 1070. The molecule has 2 aliphatic rings. The average molecular weight is 470 g/mol. The second kappa shape index (κ2) is 7.95. The van der Waals surface area contributed by atoms with Crippen molar-refractivity contribution in [3.05, 3.63) is 70.3 Å². The van der Waals surface area contributed by atoms with Gasteiger partial charge >= 0.3 is 0 Å². The lowest BCUT2D eigenvalue weighted by atomic mass is 9.97. The van der Waals surface area contributed by atoms with E-state index < -0.39 is 0 Å². The highest BCUT2D eigenvalue weighted by atomic mass is 79.9. The molecule has 1 amide bonds. The highest BCUT2D eigenvalue weighted by Gasteiger charge is 2.46. The molecule has 0 N–H and O–H groups in total. The van der Waals surface area contributed by atoms with Crippen LogP contribution in [0.2, 0.25) is 0 Å². The van der Waals surface area contributed by atoms with Gasteiger partial charge in [0.2, 0.25) is 17.6 Å². The van der Waals surface area contributed by atoms with Crippen LogP contribution in [0, 0.1) is 11.7 Å². The van der Waals surface area contributed by atoms with Crippen LogP contribution in [0.5, 0.6) is 0 Å². The molecule has 7 heteroatoms. The summed E-state index contributed by atoms with van der Waals surface area (Å²) in [7, 11) is 0. The van der Waals surface area contributed by atoms with E-state index in [2.05, 4.69) is 38.2 Å². The second-order valence-electron chi connectivity index (χ2n) is 8.09. The standard InChI is InChI=1S/C23H21BrFN3O2/c24-17-5-1-3-15(11-17)19-12-20(19)23(29)28-10-2-4-16(13-28)22-26-21(27-30-22)14-6-8-18(25)9-7-14/h1,3,5-9,11,16,19-20H,2,4,10,12-13H2/t16-,19+,20-/m1/s1. The number of amides is 1. The van der Waals surface area contributed by atoms with Gasteiger partial charge < -0.3 is 9.42 Å². The maximum Gasteiger partial charge on any atom is 0.231 e. The zero-order chi connectivity index (χ0) is 20.7. The fourth-order valence-corrected chi connectivity index (χ4v) is 4.72. The number of hydrogen-bond acceptors (Lipinski definition) is 4. The Labute approximate surface area is 182 Å². The molecule has 3 aromatic rings. The lowest BCUT2D eigenvalue weighted by Crippen LogP contribution is -2.40. The summed E-state index contributed by atoms with van der Waals surface area (Å²) in [5, 5.41) is 4.05. The first-order valence-corrected chi connectivity index (χ1v) is 11.0. The van der Waals surface area contributed by atoms with Gasteiger partial charge in [0.15, 0.2) is 0 Å². The van der Waals surface area contributed by atoms with Crippen LogP contribution in [0.3, 0.4) is 0 Å². The van der Waals surface area contributed by atoms with Crippen LogP contribution in [0.25, 0.3) is 11.4 Å². The number of nitrogens with zero attached hydrogens (tertiary/aromatic N) is 3. The van der Waals surface area contributed by atoms with Crippen LogP contribution in [-0.4, -0.2) is 34.0 Å². The third-order valence-corrected chi connectivity index (χ3v) is 6.50. The molecule has 30 heavy (non-hydrogen) atoms. The number of halogens is 2. The van der Waals surface area contributed by atoms with Gasteiger partial charge in [-0.2, -0.15) is 4.98 Å². The molecule has 2 fully saturated rings. The highest BCUT2D eigenvalue weighted by Crippen LogP contribution is 2.49. The molecule has 1 saturated carbocycles. The zero-order valence-electron chi connectivity index (χ0n) is 16.3. The molecule has 1 saturated heterocycles. The molecule has 0 unspecified atom stereocenters. The fourth-order valence-electron chi connectivity index (χ4n) is 4.30. The third-order valence-electron chi connectivity index (χ3n) is 6.01. The van der Waals surface area contributed by atoms with Crippen LogP contribution in [0.4, 0.5) is 4.39 Å². The van der Waals surface area contributed by atoms with Crippen molar-refractivity contribution in [2.24, 2.45) is 5.92 Å². The Morgan fingerprint density at radius 2 is 2.03 bits per heavy atom. The molecule has 1 aliphatic carbocycles. The van der Waals surface area contributed by atoms with Gasteiger partial charge in [0.05, 0.1) is 5.92 Å². The first-order chi connectivity index (χ1) is 14.6. The Balaban J connectivity index is 1.25. The van der Waals surface area contributed by atoms with Crippen molar-refractivity contribution in [1.29, 1.82) is 0 Å². The molecule has 5 rings (SSSR count). The van der Waals surface area contributed by atoms with Gasteiger partial charge in [0, 0.05) is 29.0 Å². The number of hydrogen-bond donors (Lipinski definition) is 0. The van der Waals surface area contributed by atoms with E-state index in [1.807, 2.05) is 17.0 Å². The van der Waals surface area contributed by atoms with Crippen molar-refractivity contribution < 1.29 is 13.7 Å². The summed E-state index contributed by atoms with van der Waals surface area (Å²) in [6, 6.07) is 14.2. The number of likely N-dealkylation sites (tertiary alicyclic amines) is 1. The number of rotatable bonds is 4. The SMILES string of the molecule is O=C([C@@H]1C[C@H]1c1cccc(Br)c1)N1CCC[C@@H](c2nc(-c3ccc(F)cc3)no2)C1. The minimum Gasteiger partial charge on any atom is -0.342 e. The summed E-state index contributed by atoms with van der Waals surface area (Å²) in [5.41, 5.74) is 1.93.